The summed E-state index contributed by atoms with van der Waals surface area (Å²) in [7, 11) is 0. The topological polar surface area (TPSA) is 170 Å². The highest BCUT2D eigenvalue weighted by Crippen LogP contribution is 2.38. The minimum Gasteiger partial charge on any atom is -0.466 e. The van der Waals surface area contributed by atoms with Crippen molar-refractivity contribution in [1.82, 2.24) is 15.5 Å². The number of likely N-dealkylation sites (tertiary alicyclic amines) is 1. The maximum Gasteiger partial charge on any atom is 0.254 e. The Hall–Kier alpha value is -4.71. The van der Waals surface area contributed by atoms with Crippen molar-refractivity contribution in [3.8, 4) is 17.1 Å². The number of fused-ring (bicyclic) bond motifs is 2. The average molecular weight is 619 g/mol. The van der Waals surface area contributed by atoms with Gasteiger partial charge in [-0.05, 0) is 74.4 Å². The summed E-state index contributed by atoms with van der Waals surface area (Å²) in [5.41, 5.74) is 8.61. The zero-order valence-corrected chi connectivity index (χ0v) is 25.9. The zero-order chi connectivity index (χ0) is 32.4. The lowest BCUT2D eigenvalue weighted by Gasteiger charge is -2.28. The number of aryl methyl sites for hydroxylation is 2. The Balaban J connectivity index is 1.46. The Labute approximate surface area is 260 Å². The van der Waals surface area contributed by atoms with Gasteiger partial charge in [-0.2, -0.15) is 0 Å². The molecular formula is C33H38N4O8. The van der Waals surface area contributed by atoms with E-state index in [0.29, 0.717) is 53.7 Å². The molecule has 1 saturated heterocycles. The van der Waals surface area contributed by atoms with Crippen LogP contribution >= 0.6 is 0 Å². The van der Waals surface area contributed by atoms with Crippen molar-refractivity contribution in [3.63, 3.8) is 0 Å². The van der Waals surface area contributed by atoms with Gasteiger partial charge in [0.25, 0.3) is 5.91 Å². The maximum atomic E-state index is 14.0. The Bertz CT molecular complexity index is 1730. The van der Waals surface area contributed by atoms with Crippen LogP contribution in [0.15, 0.2) is 39.5 Å². The Kier molecular flexibility index (Phi) is 9.24. The molecule has 1 aromatic heterocycles. The van der Waals surface area contributed by atoms with Gasteiger partial charge in [0, 0.05) is 23.7 Å². The number of benzene rings is 2. The second-order valence-electron chi connectivity index (χ2n) is 12.1. The summed E-state index contributed by atoms with van der Waals surface area (Å²) in [5.74, 6) is -1.30. The van der Waals surface area contributed by atoms with Crippen LogP contribution in [-0.4, -0.2) is 60.5 Å². The first-order chi connectivity index (χ1) is 21.4. The summed E-state index contributed by atoms with van der Waals surface area (Å²) < 4.78 is 17.5. The molecule has 1 fully saturated rings. The number of carbonyl (C=O) groups is 4. The van der Waals surface area contributed by atoms with E-state index in [9.17, 15) is 24.0 Å². The van der Waals surface area contributed by atoms with Gasteiger partial charge in [-0.15, -0.1) is 0 Å². The van der Waals surface area contributed by atoms with Crippen LogP contribution in [0.3, 0.4) is 0 Å². The van der Waals surface area contributed by atoms with Gasteiger partial charge in [-0.3, -0.25) is 24.0 Å². The summed E-state index contributed by atoms with van der Waals surface area (Å²) >= 11 is 0. The van der Waals surface area contributed by atoms with Crippen molar-refractivity contribution < 1.29 is 33.1 Å². The van der Waals surface area contributed by atoms with Crippen LogP contribution in [0.5, 0.6) is 5.75 Å². The molecule has 4 N–H and O–H groups in total. The predicted molar refractivity (Wildman–Crippen MR) is 165 cm³/mol. The van der Waals surface area contributed by atoms with Gasteiger partial charge in [-0.25, -0.2) is 0 Å². The SMILES string of the molecule is Cc1cc2oc(-c3cc(C(=O)N4CCC[C@H]4C(=O)N[C@@H](CC(C)C)C(=O)NCC(N)=O)cc4c3OCOC4)cc(=O)c2cc1C. The second kappa shape index (κ2) is 13.1. The number of rotatable bonds is 9. The first kappa shape index (κ1) is 31.7. The smallest absolute Gasteiger partial charge is 0.254 e. The Morgan fingerprint density at radius 3 is 2.56 bits per heavy atom. The van der Waals surface area contributed by atoms with Crippen LogP contribution in [0.2, 0.25) is 0 Å². The molecule has 2 aromatic carbocycles. The van der Waals surface area contributed by atoms with Crippen LogP contribution in [-0.2, 0) is 25.7 Å². The highest BCUT2D eigenvalue weighted by molar-refractivity contribution is 6.00. The van der Waals surface area contributed by atoms with Gasteiger partial charge >= 0.3 is 0 Å². The van der Waals surface area contributed by atoms with Gasteiger partial charge in [0.05, 0.1) is 24.1 Å². The van der Waals surface area contributed by atoms with Crippen molar-refractivity contribution in [3.05, 3.63) is 62.8 Å². The fourth-order valence-electron chi connectivity index (χ4n) is 5.79. The zero-order valence-electron chi connectivity index (χ0n) is 25.9. The first-order valence-corrected chi connectivity index (χ1v) is 15.0. The standard InChI is InChI=1S/C33H38N4O8/c1-17(2)8-24(31(40)35-14-29(34)39)36-32(41)25-6-5-7-37(25)33(42)20-11-21-15-43-16-44-30(21)23(12-20)28-13-26(38)22-9-18(3)19(4)10-27(22)45-28/h9-13,17,24-25H,5-8,14-16H2,1-4H3,(H2,34,39)(H,35,40)(H,36,41)/t24-,25-/m0/s1. The molecule has 3 heterocycles. The summed E-state index contributed by atoms with van der Waals surface area (Å²) in [5, 5.41) is 5.69. The summed E-state index contributed by atoms with van der Waals surface area (Å²) in [4.78, 5) is 66.0. The molecule has 0 unspecified atom stereocenters. The van der Waals surface area contributed by atoms with Crippen molar-refractivity contribution in [2.24, 2.45) is 11.7 Å². The van der Waals surface area contributed by atoms with Crippen LogP contribution in [0.25, 0.3) is 22.3 Å². The van der Waals surface area contributed by atoms with E-state index < -0.39 is 35.7 Å². The van der Waals surface area contributed by atoms with E-state index in [1.807, 2.05) is 33.8 Å². The van der Waals surface area contributed by atoms with Crippen LogP contribution in [0.4, 0.5) is 0 Å². The van der Waals surface area contributed by atoms with E-state index in [1.165, 1.54) is 11.0 Å². The lowest BCUT2D eigenvalue weighted by molar-refractivity contribution is -0.132. The fourth-order valence-corrected chi connectivity index (χ4v) is 5.79. The molecule has 4 amide bonds. The molecular weight excluding hydrogens is 580 g/mol. The Morgan fingerprint density at radius 1 is 1.07 bits per heavy atom. The van der Waals surface area contributed by atoms with E-state index in [0.717, 1.165) is 11.1 Å². The molecule has 3 aromatic rings. The van der Waals surface area contributed by atoms with E-state index >= 15 is 0 Å². The molecule has 0 saturated carbocycles. The van der Waals surface area contributed by atoms with Crippen molar-refractivity contribution in [2.45, 2.75) is 65.6 Å². The van der Waals surface area contributed by atoms with Crippen molar-refractivity contribution in [1.29, 1.82) is 0 Å². The van der Waals surface area contributed by atoms with E-state index in [4.69, 9.17) is 19.6 Å². The van der Waals surface area contributed by atoms with Crippen LogP contribution < -0.4 is 26.5 Å². The lowest BCUT2D eigenvalue weighted by Crippen LogP contribution is -2.54. The number of primary amides is 1. The van der Waals surface area contributed by atoms with E-state index in [2.05, 4.69) is 10.6 Å². The fraction of sp³-hybridized carbons (Fsp3) is 0.424. The maximum absolute atomic E-state index is 14.0. The minimum absolute atomic E-state index is 0.00232. The van der Waals surface area contributed by atoms with Gasteiger partial charge < -0.3 is 35.2 Å². The van der Waals surface area contributed by atoms with E-state index in [-0.39, 0.29) is 42.6 Å². The molecule has 2 aliphatic rings. The quantitative estimate of drug-likeness (QED) is 0.329. The Morgan fingerprint density at radius 2 is 1.82 bits per heavy atom. The third-order valence-electron chi connectivity index (χ3n) is 8.16. The highest BCUT2D eigenvalue weighted by atomic mass is 16.7. The van der Waals surface area contributed by atoms with Crippen LogP contribution in [0.1, 0.15) is 60.2 Å². The number of nitrogens with one attached hydrogen (secondary N) is 2. The molecule has 238 valence electrons. The van der Waals surface area contributed by atoms with Gasteiger partial charge in [0.2, 0.25) is 17.7 Å². The number of hydrogen-bond donors (Lipinski definition) is 3. The summed E-state index contributed by atoms with van der Waals surface area (Å²) in [6.45, 7) is 7.86. The third-order valence-corrected chi connectivity index (χ3v) is 8.16. The summed E-state index contributed by atoms with van der Waals surface area (Å²) in [6.07, 6.45) is 1.34. The predicted octanol–water partition coefficient (Wildman–Crippen LogP) is 2.68. The van der Waals surface area contributed by atoms with Gasteiger partial charge in [0.1, 0.15) is 29.2 Å². The molecule has 12 nitrogen and oxygen atoms in total. The molecule has 0 radical (unpaired) electrons. The van der Waals surface area contributed by atoms with Crippen LogP contribution in [0, 0.1) is 19.8 Å². The highest BCUT2D eigenvalue weighted by Gasteiger charge is 2.37. The molecule has 5 rings (SSSR count). The monoisotopic (exact) mass is 618 g/mol. The van der Waals surface area contributed by atoms with E-state index in [1.54, 1.807) is 18.2 Å². The molecule has 12 heteroatoms. The third kappa shape index (κ3) is 6.85. The molecule has 0 bridgehead atoms. The number of nitrogens with zero attached hydrogens (tertiary/aromatic N) is 1. The van der Waals surface area contributed by atoms with Crippen molar-refractivity contribution in [2.75, 3.05) is 19.9 Å². The van der Waals surface area contributed by atoms with Crippen molar-refractivity contribution >= 4 is 34.6 Å². The normalized spacial score (nSPS) is 16.6. The lowest BCUT2D eigenvalue weighted by atomic mass is 9.99. The number of carbonyl (C=O) groups excluding carboxylic acids is 4. The number of amides is 4. The number of hydrogen-bond acceptors (Lipinski definition) is 8. The number of nitrogens with two attached hydrogens (primary N) is 1. The molecule has 0 spiro atoms. The number of ether oxygens (including phenoxy) is 2. The minimum atomic E-state index is -0.901. The first-order valence-electron chi connectivity index (χ1n) is 15.0. The van der Waals surface area contributed by atoms with Gasteiger partial charge in [-0.1, -0.05) is 13.8 Å². The van der Waals surface area contributed by atoms with Gasteiger partial charge in [0.15, 0.2) is 12.2 Å². The summed E-state index contributed by atoms with van der Waals surface area (Å²) in [6, 6.07) is 6.57. The molecule has 2 aliphatic heterocycles. The average Bonchev–Trinajstić information content (AvgIpc) is 3.49. The largest absolute Gasteiger partial charge is 0.466 e. The molecule has 2 atom stereocenters. The second-order valence-corrected chi connectivity index (χ2v) is 12.1. The molecule has 45 heavy (non-hydrogen) atoms. The molecule has 0 aliphatic carbocycles.